The predicted octanol–water partition coefficient (Wildman–Crippen LogP) is 3.50. The molecule has 0 aliphatic rings. The van der Waals surface area contributed by atoms with E-state index in [1.165, 1.54) is 18.4 Å². The molecule has 1 heterocycles. The molecule has 1 aromatic heterocycles. The highest BCUT2D eigenvalue weighted by Gasteiger charge is 2.21. The van der Waals surface area contributed by atoms with E-state index in [1.54, 1.807) is 0 Å². The van der Waals surface area contributed by atoms with Crippen molar-refractivity contribution >= 4 is 0 Å². The standard InChI is InChI=1S/C10H4F4O/c11-5-4-6(12)9(13)10(14)8(5)7-2-1-3-15-7/h1-4H. The largest absolute Gasteiger partial charge is 0.464 e. The highest BCUT2D eigenvalue weighted by molar-refractivity contribution is 5.59. The van der Waals surface area contributed by atoms with E-state index >= 15 is 0 Å². The summed E-state index contributed by atoms with van der Waals surface area (Å²) in [6.45, 7) is 0. The van der Waals surface area contributed by atoms with Gasteiger partial charge in [0.1, 0.15) is 11.6 Å². The molecule has 2 rings (SSSR count). The molecule has 0 saturated carbocycles. The van der Waals surface area contributed by atoms with Gasteiger partial charge in [-0.25, -0.2) is 17.6 Å². The van der Waals surface area contributed by atoms with Crippen LogP contribution in [-0.2, 0) is 0 Å². The molecular weight excluding hydrogens is 212 g/mol. The molecule has 0 saturated heterocycles. The fraction of sp³-hybridized carbons (Fsp3) is 0. The molecule has 5 heteroatoms. The number of furan rings is 1. The molecule has 78 valence electrons. The molecule has 0 aliphatic heterocycles. The number of halogens is 4. The Labute approximate surface area is 81.9 Å². The van der Waals surface area contributed by atoms with Crippen LogP contribution in [-0.4, -0.2) is 0 Å². The van der Waals surface area contributed by atoms with Crippen LogP contribution in [0.3, 0.4) is 0 Å². The van der Waals surface area contributed by atoms with Gasteiger partial charge in [0.05, 0.1) is 11.8 Å². The van der Waals surface area contributed by atoms with Gasteiger partial charge in [0.25, 0.3) is 0 Å². The van der Waals surface area contributed by atoms with Gasteiger partial charge in [-0.1, -0.05) is 0 Å². The summed E-state index contributed by atoms with van der Waals surface area (Å²) in [5.41, 5.74) is -0.709. The minimum absolute atomic E-state index is 0.191. The van der Waals surface area contributed by atoms with E-state index in [-0.39, 0.29) is 11.8 Å². The first-order valence-electron chi connectivity index (χ1n) is 3.98. The van der Waals surface area contributed by atoms with Gasteiger partial charge in [0, 0.05) is 6.07 Å². The summed E-state index contributed by atoms with van der Waals surface area (Å²) in [7, 11) is 0. The zero-order chi connectivity index (χ0) is 11.0. The Bertz CT molecular complexity index is 491. The van der Waals surface area contributed by atoms with Crippen LogP contribution in [0.25, 0.3) is 11.3 Å². The number of hydrogen-bond donors (Lipinski definition) is 0. The second-order valence-electron chi connectivity index (χ2n) is 2.82. The van der Waals surface area contributed by atoms with Crippen LogP contribution in [0.4, 0.5) is 17.6 Å². The molecule has 0 fully saturated rings. The Hall–Kier alpha value is -1.78. The SMILES string of the molecule is Fc1cc(F)c(-c2ccco2)c(F)c1F. The fourth-order valence-corrected chi connectivity index (χ4v) is 1.21. The molecule has 1 aromatic carbocycles. The van der Waals surface area contributed by atoms with Gasteiger partial charge < -0.3 is 4.42 Å². The average Bonchev–Trinajstić information content (AvgIpc) is 2.68. The third kappa shape index (κ3) is 1.49. The Kier molecular flexibility index (Phi) is 2.22. The zero-order valence-electron chi connectivity index (χ0n) is 7.23. The molecule has 0 spiro atoms. The molecule has 2 aromatic rings. The minimum Gasteiger partial charge on any atom is -0.464 e. The van der Waals surface area contributed by atoms with E-state index < -0.39 is 28.8 Å². The Balaban J connectivity index is 2.72. The summed E-state index contributed by atoms with van der Waals surface area (Å²) < 4.78 is 56.4. The maximum absolute atomic E-state index is 13.2. The van der Waals surface area contributed by atoms with Crippen molar-refractivity contribution in [1.82, 2.24) is 0 Å². The van der Waals surface area contributed by atoms with Crippen LogP contribution in [0.2, 0.25) is 0 Å². The number of benzene rings is 1. The monoisotopic (exact) mass is 216 g/mol. The second-order valence-corrected chi connectivity index (χ2v) is 2.82. The van der Waals surface area contributed by atoms with Gasteiger partial charge in [0.15, 0.2) is 17.5 Å². The molecule has 0 N–H and O–H groups in total. The summed E-state index contributed by atoms with van der Waals surface area (Å²) in [6, 6.07) is 2.91. The van der Waals surface area contributed by atoms with Crippen LogP contribution >= 0.6 is 0 Å². The van der Waals surface area contributed by atoms with Crippen LogP contribution < -0.4 is 0 Å². The predicted molar refractivity (Wildman–Crippen MR) is 44.0 cm³/mol. The Morgan fingerprint density at radius 3 is 2.27 bits per heavy atom. The second kappa shape index (κ2) is 3.42. The van der Waals surface area contributed by atoms with Gasteiger partial charge in [-0.2, -0.15) is 0 Å². The minimum atomic E-state index is -1.72. The van der Waals surface area contributed by atoms with Crippen LogP contribution in [0, 0.1) is 23.3 Å². The van der Waals surface area contributed by atoms with Crippen LogP contribution in [0.15, 0.2) is 28.9 Å². The van der Waals surface area contributed by atoms with Crippen molar-refractivity contribution in [3.63, 3.8) is 0 Å². The third-order valence-electron chi connectivity index (χ3n) is 1.88. The molecule has 0 atom stereocenters. The quantitative estimate of drug-likeness (QED) is 0.404. The van der Waals surface area contributed by atoms with E-state index in [0.717, 1.165) is 0 Å². The number of hydrogen-bond acceptors (Lipinski definition) is 1. The lowest BCUT2D eigenvalue weighted by Gasteiger charge is -2.03. The molecule has 0 radical (unpaired) electrons. The molecule has 0 amide bonds. The molecule has 0 unspecified atom stereocenters. The van der Waals surface area contributed by atoms with E-state index in [0.29, 0.717) is 0 Å². The van der Waals surface area contributed by atoms with Crippen molar-refractivity contribution in [3.05, 3.63) is 47.7 Å². The van der Waals surface area contributed by atoms with Crippen molar-refractivity contribution in [2.75, 3.05) is 0 Å². The van der Waals surface area contributed by atoms with Crippen molar-refractivity contribution in [3.8, 4) is 11.3 Å². The summed E-state index contributed by atoms with van der Waals surface area (Å²) in [5, 5.41) is 0. The Morgan fingerprint density at radius 1 is 0.933 bits per heavy atom. The third-order valence-corrected chi connectivity index (χ3v) is 1.88. The molecule has 15 heavy (non-hydrogen) atoms. The van der Waals surface area contributed by atoms with E-state index in [2.05, 4.69) is 0 Å². The number of rotatable bonds is 1. The van der Waals surface area contributed by atoms with E-state index in [1.807, 2.05) is 0 Å². The van der Waals surface area contributed by atoms with Gasteiger partial charge >= 0.3 is 0 Å². The van der Waals surface area contributed by atoms with E-state index in [9.17, 15) is 17.6 Å². The fourth-order valence-electron chi connectivity index (χ4n) is 1.21. The zero-order valence-corrected chi connectivity index (χ0v) is 7.23. The first kappa shape index (κ1) is 9.76. The maximum Gasteiger partial charge on any atom is 0.195 e. The lowest BCUT2D eigenvalue weighted by molar-refractivity contribution is 0.433. The van der Waals surface area contributed by atoms with Gasteiger partial charge in [-0.3, -0.25) is 0 Å². The van der Waals surface area contributed by atoms with Crippen LogP contribution in [0.1, 0.15) is 0 Å². The lowest BCUT2D eigenvalue weighted by atomic mass is 10.1. The topological polar surface area (TPSA) is 13.1 Å². The highest BCUT2D eigenvalue weighted by Crippen LogP contribution is 2.29. The molecule has 0 aliphatic carbocycles. The van der Waals surface area contributed by atoms with Gasteiger partial charge in [-0.05, 0) is 12.1 Å². The normalized spacial score (nSPS) is 10.7. The summed E-state index contributed by atoms with van der Waals surface area (Å²) in [4.78, 5) is 0. The van der Waals surface area contributed by atoms with Gasteiger partial charge in [0.2, 0.25) is 0 Å². The first-order valence-corrected chi connectivity index (χ1v) is 3.98. The average molecular weight is 216 g/mol. The van der Waals surface area contributed by atoms with Crippen molar-refractivity contribution in [2.45, 2.75) is 0 Å². The molecule has 0 bridgehead atoms. The molecular formula is C10H4F4O. The Morgan fingerprint density at radius 2 is 1.67 bits per heavy atom. The summed E-state index contributed by atoms with van der Waals surface area (Å²) in [5.74, 6) is -6.28. The smallest absolute Gasteiger partial charge is 0.195 e. The summed E-state index contributed by atoms with van der Waals surface area (Å²) >= 11 is 0. The molecule has 1 nitrogen and oxygen atoms in total. The summed E-state index contributed by atoms with van der Waals surface area (Å²) in [6.07, 6.45) is 1.18. The van der Waals surface area contributed by atoms with Crippen molar-refractivity contribution < 1.29 is 22.0 Å². The first-order chi connectivity index (χ1) is 7.11. The van der Waals surface area contributed by atoms with Crippen molar-refractivity contribution in [1.29, 1.82) is 0 Å². The van der Waals surface area contributed by atoms with Gasteiger partial charge in [-0.15, -0.1) is 0 Å². The van der Waals surface area contributed by atoms with E-state index in [4.69, 9.17) is 4.42 Å². The van der Waals surface area contributed by atoms with Crippen LogP contribution in [0.5, 0.6) is 0 Å². The van der Waals surface area contributed by atoms with Crippen molar-refractivity contribution in [2.24, 2.45) is 0 Å². The maximum atomic E-state index is 13.2. The lowest BCUT2D eigenvalue weighted by Crippen LogP contribution is -1.97. The highest BCUT2D eigenvalue weighted by atomic mass is 19.2.